The number of hydrogen-bond donors (Lipinski definition) is 0. The molecule has 174 valence electrons. The largest absolute Gasteiger partial charge is 0.486 e. The van der Waals surface area contributed by atoms with Crippen LogP contribution in [0.1, 0.15) is 29.9 Å². The lowest BCUT2D eigenvalue weighted by Gasteiger charge is -2.21. The maximum Gasteiger partial charge on any atom is 0.191 e. The van der Waals surface area contributed by atoms with Gasteiger partial charge in [-0.3, -0.25) is 9.88 Å². The molecule has 0 saturated carbocycles. The molecule has 0 N–H and O–H groups in total. The molecule has 1 atom stereocenters. The summed E-state index contributed by atoms with van der Waals surface area (Å²) in [5.74, 6) is 3.35. The molecule has 1 saturated heterocycles. The van der Waals surface area contributed by atoms with Crippen LogP contribution in [0.25, 0.3) is 0 Å². The van der Waals surface area contributed by atoms with Crippen LogP contribution < -0.4 is 9.47 Å². The summed E-state index contributed by atoms with van der Waals surface area (Å²) in [5, 5.41) is 9.99. The highest BCUT2D eigenvalue weighted by atomic mass is 32.2. The highest BCUT2D eigenvalue weighted by Gasteiger charge is 2.22. The van der Waals surface area contributed by atoms with Crippen molar-refractivity contribution in [2.24, 2.45) is 0 Å². The van der Waals surface area contributed by atoms with Crippen molar-refractivity contribution >= 4 is 11.8 Å². The number of benzene rings is 1. The van der Waals surface area contributed by atoms with E-state index in [1.54, 1.807) is 11.8 Å². The smallest absolute Gasteiger partial charge is 0.191 e. The molecular formula is C24H29N5O3S. The molecule has 1 unspecified atom stereocenters. The van der Waals surface area contributed by atoms with Gasteiger partial charge in [-0.25, -0.2) is 0 Å². The van der Waals surface area contributed by atoms with E-state index in [0.717, 1.165) is 66.5 Å². The van der Waals surface area contributed by atoms with Crippen molar-refractivity contribution < 1.29 is 14.2 Å². The van der Waals surface area contributed by atoms with Gasteiger partial charge in [-0.15, -0.1) is 10.2 Å². The molecule has 3 aromatic rings. The molecule has 33 heavy (non-hydrogen) atoms. The summed E-state index contributed by atoms with van der Waals surface area (Å²) in [6, 6.07) is 12.1. The van der Waals surface area contributed by atoms with Crippen molar-refractivity contribution in [3.63, 3.8) is 0 Å². The van der Waals surface area contributed by atoms with Crippen LogP contribution >= 0.6 is 11.8 Å². The average molecular weight is 468 g/mol. The molecule has 4 heterocycles. The monoisotopic (exact) mass is 467 g/mol. The molecule has 0 spiro atoms. The van der Waals surface area contributed by atoms with Gasteiger partial charge in [0.1, 0.15) is 19.0 Å². The van der Waals surface area contributed by atoms with Gasteiger partial charge in [-0.05, 0) is 49.7 Å². The Balaban J connectivity index is 1.28. The van der Waals surface area contributed by atoms with E-state index in [4.69, 9.17) is 14.2 Å². The van der Waals surface area contributed by atoms with E-state index < -0.39 is 0 Å². The first-order chi connectivity index (χ1) is 16.2. The lowest BCUT2D eigenvalue weighted by Crippen LogP contribution is -2.23. The fraction of sp³-hybridized carbons (Fsp3) is 0.458. The molecule has 0 radical (unpaired) electrons. The molecule has 2 aliphatic heterocycles. The summed E-state index contributed by atoms with van der Waals surface area (Å²) >= 11 is 1.67. The quantitative estimate of drug-likeness (QED) is 0.443. The van der Waals surface area contributed by atoms with Gasteiger partial charge in [-0.1, -0.05) is 23.9 Å². The maximum absolute atomic E-state index is 5.92. The van der Waals surface area contributed by atoms with Crippen LogP contribution in [0.2, 0.25) is 0 Å². The minimum absolute atomic E-state index is 0.219. The third kappa shape index (κ3) is 5.66. The van der Waals surface area contributed by atoms with Crippen molar-refractivity contribution in [3.8, 4) is 11.5 Å². The maximum atomic E-state index is 5.92. The molecule has 5 rings (SSSR count). The van der Waals surface area contributed by atoms with E-state index in [-0.39, 0.29) is 6.10 Å². The summed E-state index contributed by atoms with van der Waals surface area (Å²) in [5.41, 5.74) is 2.21. The van der Waals surface area contributed by atoms with E-state index in [2.05, 4.69) is 43.8 Å². The Labute approximate surface area is 198 Å². The highest BCUT2D eigenvalue weighted by molar-refractivity contribution is 7.98. The standard InChI is InChI=1S/C24H29N5O3S/c1-28(14-18-7-8-21-22(13-18)32-12-11-31-21)16-23-26-27-24(29(23)15-20-6-4-10-30-20)33-17-19-5-2-3-9-25-19/h2-3,5,7-9,13,20H,4,6,10-12,14-17H2,1H3. The Bertz CT molecular complexity index is 1060. The number of ether oxygens (including phenoxy) is 3. The lowest BCUT2D eigenvalue weighted by molar-refractivity contribution is 0.0934. The Morgan fingerprint density at radius 1 is 1.06 bits per heavy atom. The van der Waals surface area contributed by atoms with Gasteiger partial charge in [0.15, 0.2) is 16.7 Å². The minimum Gasteiger partial charge on any atom is -0.486 e. The molecule has 2 aliphatic rings. The molecule has 2 aromatic heterocycles. The molecule has 1 fully saturated rings. The minimum atomic E-state index is 0.219. The van der Waals surface area contributed by atoms with Crippen LogP contribution in [0, 0.1) is 0 Å². The van der Waals surface area contributed by atoms with E-state index in [1.807, 2.05) is 30.5 Å². The molecule has 8 nitrogen and oxygen atoms in total. The summed E-state index contributed by atoms with van der Waals surface area (Å²) < 4.78 is 19.5. The zero-order valence-electron chi connectivity index (χ0n) is 18.9. The number of aromatic nitrogens is 4. The number of hydrogen-bond acceptors (Lipinski definition) is 8. The first-order valence-electron chi connectivity index (χ1n) is 11.4. The summed E-state index contributed by atoms with van der Waals surface area (Å²) in [4.78, 5) is 6.67. The van der Waals surface area contributed by atoms with Crippen molar-refractivity contribution in [2.45, 2.75) is 49.5 Å². The third-order valence-corrected chi connectivity index (χ3v) is 6.75. The fourth-order valence-corrected chi connectivity index (χ4v) is 5.02. The van der Waals surface area contributed by atoms with Gasteiger partial charge in [0.05, 0.1) is 24.9 Å². The second-order valence-electron chi connectivity index (χ2n) is 8.40. The number of rotatable bonds is 9. The van der Waals surface area contributed by atoms with Crippen LogP contribution in [-0.4, -0.2) is 57.6 Å². The van der Waals surface area contributed by atoms with Crippen molar-refractivity contribution in [1.29, 1.82) is 0 Å². The van der Waals surface area contributed by atoms with E-state index in [0.29, 0.717) is 19.8 Å². The van der Waals surface area contributed by atoms with E-state index in [1.165, 1.54) is 5.56 Å². The summed E-state index contributed by atoms with van der Waals surface area (Å²) in [6.07, 6.45) is 4.24. The average Bonchev–Trinajstić information content (AvgIpc) is 3.49. The van der Waals surface area contributed by atoms with Crippen LogP contribution in [0.4, 0.5) is 0 Å². The second-order valence-corrected chi connectivity index (χ2v) is 9.35. The number of nitrogens with zero attached hydrogens (tertiary/aromatic N) is 5. The Morgan fingerprint density at radius 2 is 1.97 bits per heavy atom. The van der Waals surface area contributed by atoms with Gasteiger partial charge in [0.25, 0.3) is 0 Å². The molecule has 1 aromatic carbocycles. The number of pyridine rings is 1. The van der Waals surface area contributed by atoms with E-state index >= 15 is 0 Å². The van der Waals surface area contributed by atoms with Crippen LogP contribution in [0.5, 0.6) is 11.5 Å². The predicted molar refractivity (Wildman–Crippen MR) is 125 cm³/mol. The van der Waals surface area contributed by atoms with Crippen molar-refractivity contribution in [1.82, 2.24) is 24.6 Å². The molecule has 0 amide bonds. The van der Waals surface area contributed by atoms with Crippen LogP contribution in [-0.2, 0) is 30.1 Å². The second kappa shape index (κ2) is 10.5. The van der Waals surface area contributed by atoms with Gasteiger partial charge in [0, 0.05) is 25.1 Å². The van der Waals surface area contributed by atoms with Crippen molar-refractivity contribution in [3.05, 3.63) is 59.7 Å². The zero-order chi connectivity index (χ0) is 22.5. The van der Waals surface area contributed by atoms with Gasteiger partial charge in [0.2, 0.25) is 0 Å². The predicted octanol–water partition coefficient (Wildman–Crippen LogP) is 3.55. The lowest BCUT2D eigenvalue weighted by atomic mass is 10.2. The normalized spacial score (nSPS) is 17.6. The van der Waals surface area contributed by atoms with Gasteiger partial charge in [-0.2, -0.15) is 0 Å². The molecule has 9 heteroatoms. The SMILES string of the molecule is CN(Cc1ccc2c(c1)OCCO2)Cc1nnc(SCc2ccccn2)n1CC1CCCO1. The Hall–Kier alpha value is -2.62. The summed E-state index contributed by atoms with van der Waals surface area (Å²) in [6.45, 7) is 4.29. The summed E-state index contributed by atoms with van der Waals surface area (Å²) in [7, 11) is 2.10. The zero-order valence-corrected chi connectivity index (χ0v) is 19.7. The highest BCUT2D eigenvalue weighted by Crippen LogP contribution is 2.31. The van der Waals surface area contributed by atoms with Gasteiger partial charge < -0.3 is 18.8 Å². The first kappa shape index (κ1) is 22.2. The van der Waals surface area contributed by atoms with Gasteiger partial charge >= 0.3 is 0 Å². The Kier molecular flexibility index (Phi) is 7.09. The van der Waals surface area contributed by atoms with Crippen molar-refractivity contribution in [2.75, 3.05) is 26.9 Å². The number of thioether (sulfide) groups is 1. The third-order valence-electron chi connectivity index (χ3n) is 5.75. The molecule has 0 bridgehead atoms. The topological polar surface area (TPSA) is 74.5 Å². The Morgan fingerprint density at radius 3 is 2.79 bits per heavy atom. The fourth-order valence-electron chi connectivity index (χ4n) is 4.14. The van der Waals surface area contributed by atoms with Crippen LogP contribution in [0.3, 0.4) is 0 Å². The number of fused-ring (bicyclic) bond motifs is 1. The first-order valence-corrected chi connectivity index (χ1v) is 12.4. The molecular weight excluding hydrogens is 438 g/mol. The molecule has 0 aliphatic carbocycles. The van der Waals surface area contributed by atoms with E-state index in [9.17, 15) is 0 Å². The van der Waals surface area contributed by atoms with Crippen LogP contribution in [0.15, 0.2) is 47.8 Å².